The number of guanidine groups is 1. The Bertz CT molecular complexity index is 513. The number of halogens is 1. The van der Waals surface area contributed by atoms with Crippen molar-refractivity contribution in [1.82, 2.24) is 0 Å². The molecular formula is C17H26IN3S. The highest BCUT2D eigenvalue weighted by atomic mass is 127. The highest BCUT2D eigenvalue weighted by Gasteiger charge is 2.15. The van der Waals surface area contributed by atoms with Gasteiger partial charge in [0.05, 0.1) is 0 Å². The predicted octanol–water partition coefficient (Wildman–Crippen LogP) is 4.05. The number of nitrogens with zero attached hydrogens (tertiary/aromatic N) is 1. The van der Waals surface area contributed by atoms with Crippen LogP contribution in [0.25, 0.3) is 0 Å². The van der Waals surface area contributed by atoms with E-state index in [0.717, 1.165) is 18.7 Å². The fraction of sp³-hybridized carbons (Fsp3) is 0.588. The van der Waals surface area contributed by atoms with E-state index in [1.807, 2.05) is 11.8 Å². The average Bonchev–Trinajstić information content (AvgIpc) is 2.54. The number of nitrogens with two attached hydrogens (primary N) is 1. The Morgan fingerprint density at radius 3 is 2.95 bits per heavy atom. The molecule has 1 aromatic rings. The third kappa shape index (κ3) is 4.78. The molecule has 0 aromatic heterocycles. The summed E-state index contributed by atoms with van der Waals surface area (Å²) in [4.78, 5) is 4.56. The number of rotatable bonds is 3. The summed E-state index contributed by atoms with van der Waals surface area (Å²) in [6, 6.07) is 6.49. The van der Waals surface area contributed by atoms with Crippen LogP contribution in [0.4, 0.5) is 5.69 Å². The highest BCUT2D eigenvalue weighted by molar-refractivity contribution is 14.0. The van der Waals surface area contributed by atoms with Gasteiger partial charge in [0.15, 0.2) is 5.96 Å². The molecule has 22 heavy (non-hydrogen) atoms. The summed E-state index contributed by atoms with van der Waals surface area (Å²) in [7, 11) is 0. The quantitative estimate of drug-likeness (QED) is 0.431. The maximum Gasteiger partial charge on any atom is 0.193 e. The van der Waals surface area contributed by atoms with Gasteiger partial charge in [-0.3, -0.25) is 4.99 Å². The number of aliphatic imine (C=N–C) groups is 1. The molecule has 1 saturated heterocycles. The molecule has 0 spiro atoms. The van der Waals surface area contributed by atoms with Crippen LogP contribution in [0.15, 0.2) is 23.2 Å². The predicted molar refractivity (Wildman–Crippen MR) is 109 cm³/mol. The molecule has 3 rings (SSSR count). The van der Waals surface area contributed by atoms with Gasteiger partial charge < -0.3 is 11.1 Å². The molecule has 3 nitrogen and oxygen atoms in total. The molecule has 1 aliphatic carbocycles. The normalized spacial score (nSPS) is 21.6. The number of nitrogens with one attached hydrogen (secondary N) is 1. The largest absolute Gasteiger partial charge is 0.370 e. The molecule has 1 fully saturated rings. The van der Waals surface area contributed by atoms with E-state index >= 15 is 0 Å². The minimum atomic E-state index is 0. The SMILES string of the molecule is I.NC(=NCC1CCCSC1)Nc1cccc2c1CCCC2. The van der Waals surface area contributed by atoms with Crippen molar-refractivity contribution in [3.8, 4) is 0 Å². The van der Waals surface area contributed by atoms with E-state index in [-0.39, 0.29) is 24.0 Å². The molecule has 0 saturated carbocycles. The van der Waals surface area contributed by atoms with Crippen LogP contribution in [0.1, 0.15) is 36.8 Å². The zero-order chi connectivity index (χ0) is 14.5. The van der Waals surface area contributed by atoms with Crippen LogP contribution >= 0.6 is 35.7 Å². The molecule has 3 N–H and O–H groups in total. The molecule has 1 heterocycles. The second-order valence-electron chi connectivity index (χ2n) is 6.08. The third-order valence-corrected chi connectivity index (χ3v) is 5.72. The van der Waals surface area contributed by atoms with Crippen molar-refractivity contribution >= 4 is 47.4 Å². The van der Waals surface area contributed by atoms with Crippen LogP contribution < -0.4 is 11.1 Å². The van der Waals surface area contributed by atoms with Crippen LogP contribution in [0.5, 0.6) is 0 Å². The molecular weight excluding hydrogens is 405 g/mol. The lowest BCUT2D eigenvalue weighted by molar-refractivity contribution is 0.535. The van der Waals surface area contributed by atoms with Gasteiger partial charge in [-0.15, -0.1) is 24.0 Å². The van der Waals surface area contributed by atoms with E-state index < -0.39 is 0 Å². The molecule has 1 aliphatic heterocycles. The van der Waals surface area contributed by atoms with E-state index in [9.17, 15) is 0 Å². The van der Waals surface area contributed by atoms with Gasteiger partial charge in [-0.25, -0.2) is 0 Å². The molecule has 0 bridgehead atoms. The first-order chi connectivity index (χ1) is 10.3. The summed E-state index contributed by atoms with van der Waals surface area (Å²) in [6.07, 6.45) is 7.56. The number of hydrogen-bond donors (Lipinski definition) is 2. The van der Waals surface area contributed by atoms with Gasteiger partial charge in [-0.05, 0) is 73.1 Å². The molecule has 0 radical (unpaired) electrons. The first kappa shape index (κ1) is 17.9. The number of aryl methyl sites for hydroxylation is 1. The van der Waals surface area contributed by atoms with Gasteiger partial charge in [0.25, 0.3) is 0 Å². The number of hydrogen-bond acceptors (Lipinski definition) is 2. The van der Waals surface area contributed by atoms with Crippen LogP contribution in [0, 0.1) is 5.92 Å². The van der Waals surface area contributed by atoms with E-state index in [2.05, 4.69) is 28.5 Å². The zero-order valence-corrected chi connectivity index (χ0v) is 16.2. The minimum Gasteiger partial charge on any atom is -0.370 e. The zero-order valence-electron chi connectivity index (χ0n) is 13.0. The lowest BCUT2D eigenvalue weighted by atomic mass is 9.90. The van der Waals surface area contributed by atoms with Gasteiger partial charge in [-0.1, -0.05) is 12.1 Å². The molecule has 2 aliphatic rings. The highest BCUT2D eigenvalue weighted by Crippen LogP contribution is 2.27. The number of fused-ring (bicyclic) bond motifs is 1. The number of thioether (sulfide) groups is 1. The first-order valence-corrected chi connectivity index (χ1v) is 9.24. The fourth-order valence-corrected chi connectivity index (χ4v) is 4.40. The van der Waals surface area contributed by atoms with Crippen molar-refractivity contribution in [1.29, 1.82) is 0 Å². The van der Waals surface area contributed by atoms with Crippen molar-refractivity contribution in [2.24, 2.45) is 16.6 Å². The molecule has 1 aromatic carbocycles. The topological polar surface area (TPSA) is 50.4 Å². The molecule has 5 heteroatoms. The van der Waals surface area contributed by atoms with Gasteiger partial charge in [0.2, 0.25) is 0 Å². The standard InChI is InChI=1S/C17H25N3S.HI/c18-17(19-11-13-5-4-10-21-12-13)20-16-9-3-7-14-6-1-2-8-15(14)16;/h3,7,9,13H,1-2,4-6,8,10-12H2,(H3,18,19,20);1H. The summed E-state index contributed by atoms with van der Waals surface area (Å²) < 4.78 is 0. The van der Waals surface area contributed by atoms with Crippen molar-refractivity contribution < 1.29 is 0 Å². The summed E-state index contributed by atoms with van der Waals surface area (Å²) in [5.74, 6) is 3.82. The second kappa shape index (κ2) is 9.01. The molecule has 122 valence electrons. The van der Waals surface area contributed by atoms with Crippen molar-refractivity contribution in [2.45, 2.75) is 38.5 Å². The Kier molecular flexibility index (Phi) is 7.34. The minimum absolute atomic E-state index is 0. The van der Waals surface area contributed by atoms with E-state index in [1.165, 1.54) is 54.7 Å². The lowest BCUT2D eigenvalue weighted by Crippen LogP contribution is -2.26. The third-order valence-electron chi connectivity index (χ3n) is 4.43. The molecule has 1 unspecified atom stereocenters. The summed E-state index contributed by atoms with van der Waals surface area (Å²) >= 11 is 2.05. The summed E-state index contributed by atoms with van der Waals surface area (Å²) in [5.41, 5.74) is 10.2. The second-order valence-corrected chi connectivity index (χ2v) is 7.23. The van der Waals surface area contributed by atoms with E-state index in [4.69, 9.17) is 5.73 Å². The molecule has 0 amide bonds. The molecule has 1 atom stereocenters. The van der Waals surface area contributed by atoms with Crippen LogP contribution in [0.2, 0.25) is 0 Å². The Hall–Kier alpha value is -0.430. The van der Waals surface area contributed by atoms with Crippen LogP contribution in [-0.4, -0.2) is 24.0 Å². The van der Waals surface area contributed by atoms with E-state index in [1.54, 1.807) is 0 Å². The maximum absolute atomic E-state index is 6.09. The number of benzene rings is 1. The Morgan fingerprint density at radius 1 is 1.27 bits per heavy atom. The van der Waals surface area contributed by atoms with Crippen molar-refractivity contribution in [3.63, 3.8) is 0 Å². The van der Waals surface area contributed by atoms with Crippen LogP contribution in [-0.2, 0) is 12.8 Å². The van der Waals surface area contributed by atoms with Gasteiger partial charge in [0, 0.05) is 12.2 Å². The summed E-state index contributed by atoms with van der Waals surface area (Å²) in [6.45, 7) is 0.862. The lowest BCUT2D eigenvalue weighted by Gasteiger charge is -2.21. The van der Waals surface area contributed by atoms with Gasteiger partial charge in [-0.2, -0.15) is 11.8 Å². The van der Waals surface area contributed by atoms with E-state index in [0.29, 0.717) is 11.9 Å². The van der Waals surface area contributed by atoms with Crippen LogP contribution in [0.3, 0.4) is 0 Å². The summed E-state index contributed by atoms with van der Waals surface area (Å²) in [5, 5.41) is 3.33. The maximum atomic E-state index is 6.09. The fourth-order valence-electron chi connectivity index (χ4n) is 3.25. The Balaban J connectivity index is 0.00000176. The van der Waals surface area contributed by atoms with Gasteiger partial charge >= 0.3 is 0 Å². The average molecular weight is 431 g/mol. The monoisotopic (exact) mass is 431 g/mol. The smallest absolute Gasteiger partial charge is 0.193 e. The Morgan fingerprint density at radius 2 is 2.14 bits per heavy atom. The van der Waals surface area contributed by atoms with Crippen molar-refractivity contribution in [2.75, 3.05) is 23.4 Å². The first-order valence-electron chi connectivity index (χ1n) is 8.08. The Labute approximate surface area is 154 Å². The van der Waals surface area contributed by atoms with Gasteiger partial charge in [0.1, 0.15) is 0 Å². The van der Waals surface area contributed by atoms with Crippen molar-refractivity contribution in [3.05, 3.63) is 29.3 Å². The number of anilines is 1.